The van der Waals surface area contributed by atoms with Gasteiger partial charge < -0.3 is 0 Å². The average molecular weight is 175 g/mol. The van der Waals surface area contributed by atoms with Crippen LogP contribution in [0.1, 0.15) is 19.8 Å². The fraction of sp³-hybridized carbons (Fsp3) is 0.714. The fourth-order valence-corrected chi connectivity index (χ4v) is 2.30. The van der Waals surface area contributed by atoms with Crippen LogP contribution in [0.3, 0.4) is 0 Å². The number of nitrogens with one attached hydrogen (secondary N) is 1. The molecule has 0 aliphatic heterocycles. The highest BCUT2D eigenvalue weighted by atomic mass is 32.2. The van der Waals surface area contributed by atoms with Crippen molar-refractivity contribution >= 4 is 10.0 Å². The van der Waals surface area contributed by atoms with E-state index in [1.54, 1.807) is 6.92 Å². The van der Waals surface area contributed by atoms with Gasteiger partial charge in [0.25, 0.3) is 0 Å². The summed E-state index contributed by atoms with van der Waals surface area (Å²) in [5.41, 5.74) is 0.679. The predicted octanol–water partition coefficient (Wildman–Crippen LogP) is 0.644. The van der Waals surface area contributed by atoms with E-state index in [1.807, 2.05) is 0 Å². The van der Waals surface area contributed by atoms with Crippen molar-refractivity contribution in [3.63, 3.8) is 0 Å². The van der Waals surface area contributed by atoms with Crippen LogP contribution in [0.4, 0.5) is 0 Å². The second kappa shape index (κ2) is 2.95. The third kappa shape index (κ3) is 3.53. The Balaban J connectivity index is 2.44. The zero-order valence-corrected chi connectivity index (χ0v) is 7.45. The van der Waals surface area contributed by atoms with Crippen LogP contribution < -0.4 is 4.72 Å². The standard InChI is InChI=1S/C7H13NO2S/c1-6(2)5-11(9,10)8-7-3-4-7/h7-8H,1,3-5H2,2H3. The molecule has 0 atom stereocenters. The number of rotatable bonds is 4. The fourth-order valence-electron chi connectivity index (χ4n) is 0.821. The molecule has 0 heterocycles. The largest absolute Gasteiger partial charge is 0.215 e. The molecule has 0 aromatic heterocycles. The zero-order chi connectivity index (χ0) is 8.48. The molecule has 64 valence electrons. The molecule has 1 N–H and O–H groups in total. The molecular formula is C7H13NO2S. The molecule has 0 radical (unpaired) electrons. The molecule has 0 aromatic rings. The lowest BCUT2D eigenvalue weighted by atomic mass is 10.4. The van der Waals surface area contributed by atoms with Crippen molar-refractivity contribution in [1.29, 1.82) is 0 Å². The molecular weight excluding hydrogens is 162 g/mol. The summed E-state index contributed by atoms with van der Waals surface area (Å²) in [6.45, 7) is 5.26. The van der Waals surface area contributed by atoms with Gasteiger partial charge in [0.05, 0.1) is 5.75 Å². The van der Waals surface area contributed by atoms with Gasteiger partial charge in [0.2, 0.25) is 10.0 Å². The van der Waals surface area contributed by atoms with E-state index in [0.29, 0.717) is 5.57 Å². The van der Waals surface area contributed by atoms with Crippen molar-refractivity contribution < 1.29 is 8.42 Å². The minimum absolute atomic E-state index is 0.0590. The molecule has 0 spiro atoms. The lowest BCUT2D eigenvalue weighted by molar-refractivity contribution is 0.583. The third-order valence-corrected chi connectivity index (χ3v) is 2.93. The Morgan fingerprint density at radius 1 is 1.64 bits per heavy atom. The molecule has 0 saturated heterocycles. The third-order valence-electron chi connectivity index (χ3n) is 1.36. The van der Waals surface area contributed by atoms with Crippen molar-refractivity contribution in [2.24, 2.45) is 0 Å². The van der Waals surface area contributed by atoms with Gasteiger partial charge in [-0.05, 0) is 19.8 Å². The Bertz CT molecular complexity index is 252. The van der Waals surface area contributed by atoms with Gasteiger partial charge in [-0.3, -0.25) is 0 Å². The van der Waals surface area contributed by atoms with Crippen LogP contribution in [0.15, 0.2) is 12.2 Å². The Morgan fingerprint density at radius 3 is 2.55 bits per heavy atom. The molecule has 3 nitrogen and oxygen atoms in total. The predicted molar refractivity (Wildman–Crippen MR) is 44.8 cm³/mol. The zero-order valence-electron chi connectivity index (χ0n) is 6.63. The summed E-state index contributed by atoms with van der Waals surface area (Å²) in [5.74, 6) is 0.0590. The van der Waals surface area contributed by atoms with Crippen LogP contribution in [-0.2, 0) is 10.0 Å². The summed E-state index contributed by atoms with van der Waals surface area (Å²) in [6, 6.07) is 0.208. The molecule has 4 heteroatoms. The van der Waals surface area contributed by atoms with Gasteiger partial charge >= 0.3 is 0 Å². The number of hydrogen-bond donors (Lipinski definition) is 1. The van der Waals surface area contributed by atoms with E-state index in [2.05, 4.69) is 11.3 Å². The van der Waals surface area contributed by atoms with Crippen LogP contribution >= 0.6 is 0 Å². The first-order chi connectivity index (χ1) is 4.99. The van der Waals surface area contributed by atoms with Crippen LogP contribution in [0.2, 0.25) is 0 Å². The molecule has 1 saturated carbocycles. The number of hydrogen-bond acceptors (Lipinski definition) is 2. The van der Waals surface area contributed by atoms with Crippen LogP contribution in [0.25, 0.3) is 0 Å². The maximum atomic E-state index is 11.1. The molecule has 1 fully saturated rings. The van der Waals surface area contributed by atoms with Crippen molar-refractivity contribution in [2.75, 3.05) is 5.75 Å². The highest BCUT2D eigenvalue weighted by Gasteiger charge is 2.26. The highest BCUT2D eigenvalue weighted by Crippen LogP contribution is 2.19. The minimum atomic E-state index is -3.07. The minimum Gasteiger partial charge on any atom is -0.212 e. The van der Waals surface area contributed by atoms with E-state index in [9.17, 15) is 8.42 Å². The van der Waals surface area contributed by atoms with Gasteiger partial charge in [-0.1, -0.05) is 12.2 Å². The Morgan fingerprint density at radius 2 is 2.18 bits per heavy atom. The summed E-state index contributed by atoms with van der Waals surface area (Å²) >= 11 is 0. The Kier molecular flexibility index (Phi) is 2.34. The smallest absolute Gasteiger partial charge is 0.212 e. The second-order valence-corrected chi connectivity index (χ2v) is 4.86. The molecule has 1 aliphatic carbocycles. The van der Waals surface area contributed by atoms with Gasteiger partial charge in [0.15, 0.2) is 0 Å². The summed E-state index contributed by atoms with van der Waals surface area (Å²) in [5, 5.41) is 0. The summed E-state index contributed by atoms with van der Waals surface area (Å²) in [6.07, 6.45) is 1.96. The van der Waals surface area contributed by atoms with E-state index in [1.165, 1.54) is 0 Å². The van der Waals surface area contributed by atoms with E-state index < -0.39 is 10.0 Å². The SMILES string of the molecule is C=C(C)CS(=O)(=O)NC1CC1. The maximum absolute atomic E-state index is 11.1. The van der Waals surface area contributed by atoms with Crippen LogP contribution in [-0.4, -0.2) is 20.2 Å². The van der Waals surface area contributed by atoms with Gasteiger partial charge in [-0.2, -0.15) is 0 Å². The van der Waals surface area contributed by atoms with E-state index in [-0.39, 0.29) is 11.8 Å². The summed E-state index contributed by atoms with van der Waals surface area (Å²) in [7, 11) is -3.07. The van der Waals surface area contributed by atoms with E-state index >= 15 is 0 Å². The normalized spacial score (nSPS) is 18.3. The van der Waals surface area contributed by atoms with E-state index in [4.69, 9.17) is 0 Å². The Hall–Kier alpha value is -0.350. The Labute approximate surface area is 67.5 Å². The molecule has 0 amide bonds. The van der Waals surface area contributed by atoms with Crippen molar-refractivity contribution in [3.05, 3.63) is 12.2 Å². The quantitative estimate of drug-likeness (QED) is 0.637. The maximum Gasteiger partial charge on any atom is 0.215 e. The molecule has 0 bridgehead atoms. The lowest BCUT2D eigenvalue weighted by Gasteiger charge is -2.03. The van der Waals surface area contributed by atoms with Gasteiger partial charge in [-0.15, -0.1) is 0 Å². The van der Waals surface area contributed by atoms with Gasteiger partial charge in [0.1, 0.15) is 0 Å². The first-order valence-corrected chi connectivity index (χ1v) is 5.29. The first kappa shape index (κ1) is 8.74. The molecule has 1 rings (SSSR count). The molecule has 0 unspecified atom stereocenters. The topological polar surface area (TPSA) is 46.2 Å². The van der Waals surface area contributed by atoms with Crippen molar-refractivity contribution in [3.8, 4) is 0 Å². The first-order valence-electron chi connectivity index (χ1n) is 3.64. The summed E-state index contributed by atoms with van der Waals surface area (Å²) in [4.78, 5) is 0. The van der Waals surface area contributed by atoms with Crippen molar-refractivity contribution in [1.82, 2.24) is 4.72 Å². The summed E-state index contributed by atoms with van der Waals surface area (Å²) < 4.78 is 24.8. The van der Waals surface area contributed by atoms with Gasteiger partial charge in [0, 0.05) is 6.04 Å². The number of sulfonamides is 1. The van der Waals surface area contributed by atoms with Crippen molar-refractivity contribution in [2.45, 2.75) is 25.8 Å². The highest BCUT2D eigenvalue weighted by molar-refractivity contribution is 7.89. The van der Waals surface area contributed by atoms with Crippen LogP contribution in [0.5, 0.6) is 0 Å². The molecule has 0 aromatic carbocycles. The lowest BCUT2D eigenvalue weighted by Crippen LogP contribution is -2.28. The average Bonchev–Trinajstić information content (AvgIpc) is 2.43. The van der Waals surface area contributed by atoms with E-state index in [0.717, 1.165) is 12.8 Å². The molecule has 1 aliphatic rings. The van der Waals surface area contributed by atoms with Gasteiger partial charge in [-0.25, -0.2) is 13.1 Å². The molecule has 11 heavy (non-hydrogen) atoms. The monoisotopic (exact) mass is 175 g/mol. The van der Waals surface area contributed by atoms with Crippen LogP contribution in [0, 0.1) is 0 Å². The second-order valence-electron chi connectivity index (χ2n) is 3.11.